The summed E-state index contributed by atoms with van der Waals surface area (Å²) in [6.07, 6.45) is 11.1. The van der Waals surface area contributed by atoms with Crippen LogP contribution in [0.2, 0.25) is 0 Å². The molecule has 2 heterocycles. The first-order chi connectivity index (χ1) is 9.83. The van der Waals surface area contributed by atoms with E-state index < -0.39 is 0 Å². The van der Waals surface area contributed by atoms with Crippen molar-refractivity contribution in [2.45, 2.75) is 69.9 Å². The molecule has 0 aromatic rings. The summed E-state index contributed by atoms with van der Waals surface area (Å²) in [4.78, 5) is 0. The molecule has 0 aromatic carbocycles. The number of hydrogen-bond donors (Lipinski definition) is 1. The van der Waals surface area contributed by atoms with Gasteiger partial charge >= 0.3 is 0 Å². The van der Waals surface area contributed by atoms with E-state index in [0.717, 1.165) is 31.0 Å². The standard InChI is InChI=1S/C17H31NOS/c1-2-18-16-7-5-3-4-6-15(16)14-8-10-19-17(12-14)9-11-20-13-17/h14-16,18H,2-13H2,1H3. The number of thioether (sulfide) groups is 1. The Morgan fingerprint density at radius 1 is 1.20 bits per heavy atom. The molecule has 3 rings (SSSR count). The Morgan fingerprint density at radius 3 is 2.90 bits per heavy atom. The van der Waals surface area contributed by atoms with Crippen molar-refractivity contribution in [1.82, 2.24) is 5.32 Å². The van der Waals surface area contributed by atoms with Crippen molar-refractivity contribution in [3.8, 4) is 0 Å². The van der Waals surface area contributed by atoms with Gasteiger partial charge in [-0.3, -0.25) is 0 Å². The van der Waals surface area contributed by atoms with Crippen molar-refractivity contribution < 1.29 is 4.74 Å². The van der Waals surface area contributed by atoms with Gasteiger partial charge in [0.1, 0.15) is 0 Å². The van der Waals surface area contributed by atoms with E-state index in [0.29, 0.717) is 0 Å². The molecule has 0 bridgehead atoms. The molecule has 0 amide bonds. The average Bonchev–Trinajstić information content (AvgIpc) is 2.77. The van der Waals surface area contributed by atoms with Crippen LogP contribution >= 0.6 is 11.8 Å². The summed E-state index contributed by atoms with van der Waals surface area (Å²) < 4.78 is 6.23. The van der Waals surface area contributed by atoms with E-state index in [2.05, 4.69) is 24.0 Å². The summed E-state index contributed by atoms with van der Waals surface area (Å²) in [6, 6.07) is 0.775. The number of hydrogen-bond acceptors (Lipinski definition) is 3. The fourth-order valence-electron chi connectivity index (χ4n) is 4.71. The minimum atomic E-state index is 0.261. The quantitative estimate of drug-likeness (QED) is 0.800. The van der Waals surface area contributed by atoms with Crippen LogP contribution in [0.4, 0.5) is 0 Å². The van der Waals surface area contributed by atoms with Crippen molar-refractivity contribution in [2.24, 2.45) is 11.8 Å². The highest BCUT2D eigenvalue weighted by molar-refractivity contribution is 7.99. The van der Waals surface area contributed by atoms with Crippen LogP contribution in [0, 0.1) is 11.8 Å². The Kier molecular flexibility index (Phi) is 5.33. The third-order valence-corrected chi connectivity index (χ3v) is 6.96. The monoisotopic (exact) mass is 297 g/mol. The molecular weight excluding hydrogens is 266 g/mol. The van der Waals surface area contributed by atoms with Crippen LogP contribution in [0.25, 0.3) is 0 Å². The van der Waals surface area contributed by atoms with Crippen molar-refractivity contribution >= 4 is 11.8 Å². The van der Waals surface area contributed by atoms with Crippen LogP contribution in [0.5, 0.6) is 0 Å². The second-order valence-electron chi connectivity index (χ2n) is 7.05. The summed E-state index contributed by atoms with van der Waals surface area (Å²) in [5.41, 5.74) is 0.261. The average molecular weight is 298 g/mol. The lowest BCUT2D eigenvalue weighted by molar-refractivity contribution is -0.0922. The van der Waals surface area contributed by atoms with Gasteiger partial charge in [-0.15, -0.1) is 0 Å². The van der Waals surface area contributed by atoms with Crippen LogP contribution in [0.3, 0.4) is 0 Å². The molecular formula is C17H31NOS. The largest absolute Gasteiger partial charge is 0.374 e. The highest BCUT2D eigenvalue weighted by atomic mass is 32.2. The number of ether oxygens (including phenoxy) is 1. The molecule has 1 N–H and O–H groups in total. The van der Waals surface area contributed by atoms with Gasteiger partial charge in [-0.1, -0.05) is 26.2 Å². The van der Waals surface area contributed by atoms with Crippen molar-refractivity contribution in [2.75, 3.05) is 24.7 Å². The van der Waals surface area contributed by atoms with E-state index >= 15 is 0 Å². The van der Waals surface area contributed by atoms with Crippen LogP contribution in [0.1, 0.15) is 58.3 Å². The normalized spacial score (nSPS) is 42.8. The molecule has 20 heavy (non-hydrogen) atoms. The smallest absolute Gasteiger partial charge is 0.0783 e. The Morgan fingerprint density at radius 2 is 2.10 bits per heavy atom. The Bertz CT molecular complexity index is 303. The van der Waals surface area contributed by atoms with Crippen LogP contribution in [-0.2, 0) is 4.74 Å². The topological polar surface area (TPSA) is 21.3 Å². The maximum Gasteiger partial charge on any atom is 0.0783 e. The maximum absolute atomic E-state index is 6.23. The van der Waals surface area contributed by atoms with Crippen LogP contribution in [-0.4, -0.2) is 36.3 Å². The van der Waals surface area contributed by atoms with Gasteiger partial charge in [0.25, 0.3) is 0 Å². The zero-order chi connectivity index (χ0) is 13.8. The first kappa shape index (κ1) is 15.2. The molecule has 4 unspecified atom stereocenters. The maximum atomic E-state index is 6.23. The third-order valence-electron chi connectivity index (χ3n) is 5.74. The molecule has 3 aliphatic rings. The summed E-state index contributed by atoms with van der Waals surface area (Å²) in [5, 5.41) is 3.80. The van der Waals surface area contributed by atoms with E-state index in [-0.39, 0.29) is 5.60 Å². The molecule has 2 saturated heterocycles. The molecule has 1 saturated carbocycles. The van der Waals surface area contributed by atoms with E-state index in [1.165, 1.54) is 62.9 Å². The zero-order valence-electron chi connectivity index (χ0n) is 13.0. The lowest BCUT2D eigenvalue weighted by Crippen LogP contribution is -2.46. The van der Waals surface area contributed by atoms with Gasteiger partial charge in [-0.05, 0) is 56.2 Å². The van der Waals surface area contributed by atoms with Gasteiger partial charge in [0.2, 0.25) is 0 Å². The SMILES string of the molecule is CCNC1CCCCCC1C1CCOC2(CCSC2)C1. The predicted molar refractivity (Wildman–Crippen MR) is 87.4 cm³/mol. The van der Waals surface area contributed by atoms with E-state index in [9.17, 15) is 0 Å². The molecule has 0 aromatic heterocycles. The Labute approximate surface area is 128 Å². The summed E-state index contributed by atoms with van der Waals surface area (Å²) >= 11 is 2.10. The molecule has 4 atom stereocenters. The fourth-order valence-corrected chi connectivity index (χ4v) is 6.09. The highest BCUT2D eigenvalue weighted by Crippen LogP contribution is 2.45. The first-order valence-electron chi connectivity index (χ1n) is 8.78. The van der Waals surface area contributed by atoms with Crippen molar-refractivity contribution in [3.63, 3.8) is 0 Å². The van der Waals surface area contributed by atoms with E-state index in [1.807, 2.05) is 0 Å². The molecule has 3 heteroatoms. The lowest BCUT2D eigenvalue weighted by atomic mass is 9.73. The summed E-state index contributed by atoms with van der Waals surface area (Å²) in [5.74, 6) is 4.38. The van der Waals surface area contributed by atoms with Gasteiger partial charge in [0, 0.05) is 18.4 Å². The molecule has 0 radical (unpaired) electrons. The second kappa shape index (κ2) is 7.02. The van der Waals surface area contributed by atoms with Gasteiger partial charge in [-0.2, -0.15) is 11.8 Å². The van der Waals surface area contributed by atoms with Gasteiger partial charge in [0.15, 0.2) is 0 Å². The Hall–Kier alpha value is 0.270. The van der Waals surface area contributed by atoms with Crippen molar-refractivity contribution in [3.05, 3.63) is 0 Å². The number of rotatable bonds is 3. The fraction of sp³-hybridized carbons (Fsp3) is 1.00. The van der Waals surface area contributed by atoms with Crippen LogP contribution in [0.15, 0.2) is 0 Å². The zero-order valence-corrected chi connectivity index (χ0v) is 13.9. The minimum Gasteiger partial charge on any atom is -0.374 e. The second-order valence-corrected chi connectivity index (χ2v) is 8.16. The number of nitrogens with one attached hydrogen (secondary N) is 1. The van der Waals surface area contributed by atoms with E-state index in [1.54, 1.807) is 0 Å². The molecule has 1 aliphatic carbocycles. The first-order valence-corrected chi connectivity index (χ1v) is 9.93. The summed E-state index contributed by atoms with van der Waals surface area (Å²) in [6.45, 7) is 4.41. The molecule has 1 spiro atoms. The van der Waals surface area contributed by atoms with Gasteiger partial charge < -0.3 is 10.1 Å². The van der Waals surface area contributed by atoms with E-state index in [4.69, 9.17) is 4.74 Å². The lowest BCUT2D eigenvalue weighted by Gasteiger charge is -2.43. The molecule has 2 aliphatic heterocycles. The Balaban J connectivity index is 1.68. The van der Waals surface area contributed by atoms with Crippen molar-refractivity contribution in [1.29, 1.82) is 0 Å². The highest BCUT2D eigenvalue weighted by Gasteiger charge is 2.43. The minimum absolute atomic E-state index is 0.261. The van der Waals surface area contributed by atoms with Crippen LogP contribution < -0.4 is 5.32 Å². The van der Waals surface area contributed by atoms with Gasteiger partial charge in [-0.25, -0.2) is 0 Å². The molecule has 2 nitrogen and oxygen atoms in total. The molecule has 116 valence electrons. The third kappa shape index (κ3) is 3.36. The predicted octanol–water partition coefficient (Wildman–Crippen LogP) is 3.85. The van der Waals surface area contributed by atoms with Gasteiger partial charge in [0.05, 0.1) is 5.60 Å². The summed E-state index contributed by atoms with van der Waals surface area (Å²) in [7, 11) is 0. The molecule has 3 fully saturated rings.